The molecule has 0 fully saturated rings. The molecule has 0 aromatic rings. The topological polar surface area (TPSA) is 99.1 Å². The fraction of sp³-hybridized carbons (Fsp3) is 0.667. The van der Waals surface area contributed by atoms with E-state index in [-0.39, 0.29) is 36.7 Å². The zero-order valence-electron chi connectivity index (χ0n) is 42.2. The smallest absolute Gasteiger partial charge is 0.362 e. The minimum atomic E-state index is -0.890. The van der Waals surface area contributed by atoms with E-state index in [9.17, 15) is 19.5 Å². The third-order valence-electron chi connectivity index (χ3n) is 11.0. The van der Waals surface area contributed by atoms with E-state index >= 15 is 0 Å². The average Bonchev–Trinajstić information content (AvgIpc) is 3.27. The number of hydrogen-bond donors (Lipinski definition) is 1. The lowest BCUT2D eigenvalue weighted by atomic mass is 10.1. The Morgan fingerprint density at radius 3 is 1.34 bits per heavy atom. The van der Waals surface area contributed by atoms with Crippen LogP contribution in [0.25, 0.3) is 0 Å². The molecule has 2 atom stereocenters. The van der Waals surface area contributed by atoms with Gasteiger partial charge in [-0.2, -0.15) is 0 Å². The molecule has 0 aliphatic carbocycles. The summed E-state index contributed by atoms with van der Waals surface area (Å²) in [6, 6.07) is -0.635. The number of carboxylic acids is 1. The summed E-state index contributed by atoms with van der Waals surface area (Å²) in [5.41, 5.74) is 0. The molecule has 370 valence electrons. The van der Waals surface area contributed by atoms with Crippen LogP contribution in [0.2, 0.25) is 0 Å². The zero-order chi connectivity index (χ0) is 47.7. The van der Waals surface area contributed by atoms with Gasteiger partial charge in [-0.1, -0.05) is 188 Å². The molecule has 0 spiro atoms. The number of likely N-dealkylation sites (N-methyl/N-ethyl adjacent to an activating group) is 1. The molecule has 0 rings (SSSR count). The number of carboxylic acid groups (broad SMARTS) is 1. The SMILES string of the molecule is CC/C=C/C/C=C/C/C=C/C/C=C/C/C=C/C/C=C/CCC(=O)OC(COCCC(C(=O)O)[N+](C)(C)C)COC(=O)CCCCCCCCC/C=C/C/C=C/CCCCCCCCCC. The van der Waals surface area contributed by atoms with Gasteiger partial charge in [-0.15, -0.1) is 0 Å². The van der Waals surface area contributed by atoms with Gasteiger partial charge >= 0.3 is 17.9 Å². The Balaban J connectivity index is 4.38. The molecule has 0 heterocycles. The maximum absolute atomic E-state index is 12.8. The van der Waals surface area contributed by atoms with Crippen molar-refractivity contribution in [3.63, 3.8) is 0 Å². The summed E-state index contributed by atoms with van der Waals surface area (Å²) in [7, 11) is 5.50. The molecule has 8 nitrogen and oxygen atoms in total. The highest BCUT2D eigenvalue weighted by atomic mass is 16.6. The zero-order valence-corrected chi connectivity index (χ0v) is 42.2. The number of unbranched alkanes of at least 4 members (excludes halogenated alkanes) is 15. The van der Waals surface area contributed by atoms with Crippen molar-refractivity contribution < 1.29 is 38.2 Å². The second-order valence-corrected chi connectivity index (χ2v) is 18.0. The normalized spacial score (nSPS) is 13.7. The van der Waals surface area contributed by atoms with Gasteiger partial charge in [0.2, 0.25) is 0 Å². The van der Waals surface area contributed by atoms with Crippen LogP contribution < -0.4 is 0 Å². The van der Waals surface area contributed by atoms with E-state index in [4.69, 9.17) is 14.2 Å². The Hall–Kier alpha value is -3.75. The van der Waals surface area contributed by atoms with E-state index < -0.39 is 24.1 Å². The highest BCUT2D eigenvalue weighted by Gasteiger charge is 2.31. The first kappa shape index (κ1) is 61.2. The Kier molecular flexibility index (Phi) is 44.1. The number of hydrogen-bond acceptors (Lipinski definition) is 6. The molecular formula is C57H96NO7+. The number of rotatable bonds is 45. The molecule has 0 aliphatic heterocycles. The van der Waals surface area contributed by atoms with E-state index in [0.717, 1.165) is 70.6 Å². The molecule has 2 unspecified atom stereocenters. The monoisotopic (exact) mass is 907 g/mol. The van der Waals surface area contributed by atoms with Crippen LogP contribution in [0.5, 0.6) is 0 Å². The summed E-state index contributed by atoms with van der Waals surface area (Å²) in [6.45, 7) is 4.53. The molecule has 0 amide bonds. The first-order chi connectivity index (χ1) is 31.6. The van der Waals surface area contributed by atoms with Crippen LogP contribution in [-0.2, 0) is 28.6 Å². The van der Waals surface area contributed by atoms with Crippen LogP contribution in [-0.4, -0.2) is 80.6 Å². The van der Waals surface area contributed by atoms with Crippen molar-refractivity contribution in [3.05, 3.63) is 97.2 Å². The number of nitrogens with zero attached hydrogens (tertiary/aromatic N) is 1. The molecular weight excluding hydrogens is 811 g/mol. The largest absolute Gasteiger partial charge is 0.477 e. The summed E-state index contributed by atoms with van der Waals surface area (Å²) in [5, 5.41) is 9.65. The third kappa shape index (κ3) is 45.2. The first-order valence-electron chi connectivity index (χ1n) is 25.8. The Morgan fingerprint density at radius 1 is 0.477 bits per heavy atom. The standard InChI is InChI=1S/C57H95NO7/c1-6-8-10-12-14-16-18-20-22-24-26-27-28-30-31-33-35-37-39-41-43-45-47-55(59)64-52-53(51-63-50-49-54(57(61)62)58(3,4)5)65-56(60)48-46-44-42-40-38-36-34-32-29-25-23-21-19-17-15-13-11-9-7-2/h9,11,15,17,21,23-24,26,28-30,32,36,38,42,44,53-54H,6-8,10,12-14,16,18-20,22,25,27,31,33-35,37,39-41,43,45-52H2,1-5H3/p+1/b11-9+,17-15+,23-21+,26-24+,30-28+,32-29+,38-36+,44-42+. The molecule has 0 radical (unpaired) electrons. The van der Waals surface area contributed by atoms with E-state index in [1.54, 1.807) is 0 Å². The third-order valence-corrected chi connectivity index (χ3v) is 11.0. The van der Waals surface area contributed by atoms with Gasteiger partial charge in [0.1, 0.15) is 6.61 Å². The minimum Gasteiger partial charge on any atom is -0.477 e. The highest BCUT2D eigenvalue weighted by molar-refractivity contribution is 5.72. The molecule has 0 aliphatic rings. The van der Waals surface area contributed by atoms with Crippen molar-refractivity contribution in [3.8, 4) is 0 Å². The van der Waals surface area contributed by atoms with E-state index in [1.807, 2.05) is 33.3 Å². The highest BCUT2D eigenvalue weighted by Crippen LogP contribution is 2.13. The number of ether oxygens (including phenoxy) is 3. The molecule has 8 heteroatoms. The van der Waals surface area contributed by atoms with Crippen LogP contribution in [0, 0.1) is 0 Å². The maximum Gasteiger partial charge on any atom is 0.362 e. The Morgan fingerprint density at radius 2 is 0.892 bits per heavy atom. The fourth-order valence-corrected chi connectivity index (χ4v) is 7.03. The summed E-state index contributed by atoms with van der Waals surface area (Å²) in [6.07, 6.45) is 63.3. The maximum atomic E-state index is 12.8. The van der Waals surface area contributed by atoms with Crippen molar-refractivity contribution in [2.45, 2.75) is 206 Å². The van der Waals surface area contributed by atoms with Gasteiger partial charge in [-0.05, 0) is 83.5 Å². The molecule has 65 heavy (non-hydrogen) atoms. The van der Waals surface area contributed by atoms with Gasteiger partial charge in [-0.25, -0.2) is 4.79 Å². The van der Waals surface area contributed by atoms with Gasteiger partial charge in [0.25, 0.3) is 0 Å². The van der Waals surface area contributed by atoms with Gasteiger partial charge in [0.15, 0.2) is 12.1 Å². The number of esters is 2. The molecule has 1 N–H and O–H groups in total. The number of aliphatic carboxylic acids is 1. The minimum absolute atomic E-state index is 0.0225. The van der Waals surface area contributed by atoms with Crippen molar-refractivity contribution >= 4 is 17.9 Å². The average molecular weight is 907 g/mol. The quantitative estimate of drug-likeness (QED) is 0.0281. The van der Waals surface area contributed by atoms with Crippen LogP contribution >= 0.6 is 0 Å². The molecule has 0 aromatic carbocycles. The lowest BCUT2D eigenvalue weighted by Crippen LogP contribution is -2.50. The molecule has 0 saturated heterocycles. The predicted octanol–water partition coefficient (Wildman–Crippen LogP) is 15.0. The second kappa shape index (κ2) is 46.8. The molecule has 0 saturated carbocycles. The second-order valence-electron chi connectivity index (χ2n) is 18.0. The molecule has 0 bridgehead atoms. The summed E-state index contributed by atoms with van der Waals surface area (Å²) in [5.74, 6) is -1.59. The van der Waals surface area contributed by atoms with Crippen molar-refractivity contribution in [2.75, 3.05) is 41.0 Å². The van der Waals surface area contributed by atoms with Gasteiger partial charge in [-0.3, -0.25) is 9.59 Å². The lowest BCUT2D eigenvalue weighted by molar-refractivity contribution is -0.887. The number of quaternary nitrogens is 1. The Labute approximate surface area is 398 Å². The molecule has 0 aromatic heterocycles. The van der Waals surface area contributed by atoms with Crippen molar-refractivity contribution in [2.24, 2.45) is 0 Å². The summed E-state index contributed by atoms with van der Waals surface area (Å²) >= 11 is 0. The lowest BCUT2D eigenvalue weighted by Gasteiger charge is -2.31. The van der Waals surface area contributed by atoms with Crippen molar-refractivity contribution in [1.82, 2.24) is 0 Å². The summed E-state index contributed by atoms with van der Waals surface area (Å²) < 4.78 is 17.2. The van der Waals surface area contributed by atoms with Crippen molar-refractivity contribution in [1.29, 1.82) is 0 Å². The van der Waals surface area contributed by atoms with Gasteiger partial charge in [0, 0.05) is 19.3 Å². The predicted molar refractivity (Wildman–Crippen MR) is 275 cm³/mol. The van der Waals surface area contributed by atoms with Gasteiger partial charge in [0.05, 0.1) is 34.4 Å². The van der Waals surface area contributed by atoms with Crippen LogP contribution in [0.1, 0.15) is 194 Å². The van der Waals surface area contributed by atoms with Crippen LogP contribution in [0.3, 0.4) is 0 Å². The number of carbonyl (C=O) groups is 3. The number of carbonyl (C=O) groups excluding carboxylic acids is 2. The van der Waals surface area contributed by atoms with E-state index in [0.29, 0.717) is 19.3 Å². The number of allylic oxidation sites excluding steroid dienone is 16. The van der Waals surface area contributed by atoms with Crippen LogP contribution in [0.15, 0.2) is 97.2 Å². The van der Waals surface area contributed by atoms with E-state index in [1.165, 1.54) is 83.5 Å². The summed E-state index contributed by atoms with van der Waals surface area (Å²) in [4.78, 5) is 37.1. The van der Waals surface area contributed by atoms with E-state index in [2.05, 4.69) is 98.9 Å². The Bertz CT molecular complexity index is 1380. The van der Waals surface area contributed by atoms with Crippen LogP contribution in [0.4, 0.5) is 0 Å². The first-order valence-corrected chi connectivity index (χ1v) is 25.8. The van der Waals surface area contributed by atoms with Gasteiger partial charge < -0.3 is 23.8 Å². The fourth-order valence-electron chi connectivity index (χ4n) is 7.03.